The molecule has 4 heteroatoms. The molecular formula is C10H10BrF3. The summed E-state index contributed by atoms with van der Waals surface area (Å²) in [6, 6.07) is 2.85. The van der Waals surface area contributed by atoms with Crippen molar-refractivity contribution in [2.24, 2.45) is 0 Å². The molecule has 0 aliphatic rings. The number of hydrogen-bond donors (Lipinski definition) is 0. The van der Waals surface area contributed by atoms with Crippen molar-refractivity contribution in [3.05, 3.63) is 33.3 Å². The van der Waals surface area contributed by atoms with Gasteiger partial charge in [0.2, 0.25) is 0 Å². The van der Waals surface area contributed by atoms with Crippen molar-refractivity contribution in [2.75, 3.05) is 0 Å². The zero-order valence-corrected chi connectivity index (χ0v) is 9.46. The van der Waals surface area contributed by atoms with E-state index >= 15 is 0 Å². The molecule has 1 aromatic carbocycles. The normalized spacial score (nSPS) is 11.9. The second kappa shape index (κ2) is 3.93. The Balaban J connectivity index is 3.37. The summed E-state index contributed by atoms with van der Waals surface area (Å²) in [6.45, 7) is 3.35. The lowest BCUT2D eigenvalue weighted by atomic mass is 10.0. The number of hydrogen-bond acceptors (Lipinski definition) is 0. The number of rotatable bonds is 1. The molecule has 0 spiro atoms. The van der Waals surface area contributed by atoms with Gasteiger partial charge < -0.3 is 0 Å². The summed E-state index contributed by atoms with van der Waals surface area (Å²) in [5.74, 6) is 0. The van der Waals surface area contributed by atoms with Crippen LogP contribution >= 0.6 is 15.9 Å². The number of halogens is 4. The van der Waals surface area contributed by atoms with Crippen LogP contribution < -0.4 is 0 Å². The molecule has 0 fully saturated rings. The van der Waals surface area contributed by atoms with Gasteiger partial charge in [0, 0.05) is 4.47 Å². The fourth-order valence-corrected chi connectivity index (χ4v) is 1.90. The van der Waals surface area contributed by atoms with Gasteiger partial charge in [0.15, 0.2) is 0 Å². The number of aryl methyl sites for hydroxylation is 1. The first-order valence-electron chi connectivity index (χ1n) is 4.22. The lowest BCUT2D eigenvalue weighted by molar-refractivity contribution is -0.138. The highest BCUT2D eigenvalue weighted by atomic mass is 79.9. The molecular weight excluding hydrogens is 257 g/mol. The van der Waals surface area contributed by atoms with Gasteiger partial charge in [-0.3, -0.25) is 0 Å². The Morgan fingerprint density at radius 2 is 1.86 bits per heavy atom. The van der Waals surface area contributed by atoms with Gasteiger partial charge in [-0.05, 0) is 36.6 Å². The van der Waals surface area contributed by atoms with Gasteiger partial charge in [-0.1, -0.05) is 22.9 Å². The maximum absolute atomic E-state index is 12.5. The second-order valence-electron chi connectivity index (χ2n) is 3.09. The third-order valence-electron chi connectivity index (χ3n) is 2.17. The van der Waals surface area contributed by atoms with Crippen LogP contribution in [0.3, 0.4) is 0 Å². The van der Waals surface area contributed by atoms with Gasteiger partial charge >= 0.3 is 6.18 Å². The lowest BCUT2D eigenvalue weighted by Crippen LogP contribution is -2.09. The third-order valence-corrected chi connectivity index (χ3v) is 2.62. The van der Waals surface area contributed by atoms with Crippen LogP contribution in [0, 0.1) is 6.92 Å². The summed E-state index contributed by atoms with van der Waals surface area (Å²) in [5.41, 5.74) is 0.499. The van der Waals surface area contributed by atoms with Crippen molar-refractivity contribution in [1.82, 2.24) is 0 Å². The molecule has 0 unspecified atom stereocenters. The smallest absolute Gasteiger partial charge is 0.166 e. The highest BCUT2D eigenvalue weighted by Gasteiger charge is 2.33. The minimum atomic E-state index is -4.27. The molecule has 78 valence electrons. The van der Waals surface area contributed by atoms with E-state index in [1.807, 2.05) is 6.92 Å². The highest BCUT2D eigenvalue weighted by Crippen LogP contribution is 2.35. The Morgan fingerprint density at radius 1 is 1.29 bits per heavy atom. The van der Waals surface area contributed by atoms with Crippen LogP contribution in [0.4, 0.5) is 13.2 Å². The summed E-state index contributed by atoms with van der Waals surface area (Å²) < 4.78 is 38.1. The van der Waals surface area contributed by atoms with E-state index in [4.69, 9.17) is 0 Å². The van der Waals surface area contributed by atoms with Crippen LogP contribution in [0.25, 0.3) is 0 Å². The lowest BCUT2D eigenvalue weighted by Gasteiger charge is -2.13. The molecule has 14 heavy (non-hydrogen) atoms. The molecule has 1 rings (SSSR count). The monoisotopic (exact) mass is 266 g/mol. The van der Waals surface area contributed by atoms with E-state index in [1.165, 1.54) is 6.92 Å². The molecule has 0 heterocycles. The van der Waals surface area contributed by atoms with Gasteiger partial charge in [0.25, 0.3) is 0 Å². The molecule has 0 nitrogen and oxygen atoms in total. The van der Waals surface area contributed by atoms with Gasteiger partial charge in [-0.25, -0.2) is 0 Å². The Labute approximate surface area is 89.3 Å². The molecule has 0 radical (unpaired) electrons. The maximum Gasteiger partial charge on any atom is 0.416 e. The van der Waals surface area contributed by atoms with Crippen molar-refractivity contribution >= 4 is 15.9 Å². The van der Waals surface area contributed by atoms with Crippen LogP contribution in [0.5, 0.6) is 0 Å². The Bertz CT molecular complexity index is 342. The first kappa shape index (κ1) is 11.6. The van der Waals surface area contributed by atoms with E-state index in [1.54, 1.807) is 6.07 Å². The van der Waals surface area contributed by atoms with Crippen LogP contribution in [0.1, 0.15) is 23.6 Å². The van der Waals surface area contributed by atoms with Gasteiger partial charge in [-0.2, -0.15) is 13.2 Å². The predicted molar refractivity (Wildman–Crippen MR) is 53.3 cm³/mol. The summed E-state index contributed by atoms with van der Waals surface area (Å²) >= 11 is 3.08. The predicted octanol–water partition coefficient (Wildman–Crippen LogP) is 4.34. The largest absolute Gasteiger partial charge is 0.416 e. The van der Waals surface area contributed by atoms with Gasteiger partial charge in [-0.15, -0.1) is 0 Å². The van der Waals surface area contributed by atoms with E-state index in [9.17, 15) is 13.2 Å². The van der Waals surface area contributed by atoms with E-state index in [0.29, 0.717) is 16.5 Å². The quantitative estimate of drug-likeness (QED) is 0.710. The summed E-state index contributed by atoms with van der Waals surface area (Å²) in [4.78, 5) is 0. The van der Waals surface area contributed by atoms with E-state index in [0.717, 1.165) is 11.6 Å². The molecule has 0 atom stereocenters. The molecule has 0 aromatic heterocycles. The SMILES string of the molecule is CCc1cc(Br)cc(C(F)(F)F)c1C. The second-order valence-corrected chi connectivity index (χ2v) is 4.00. The number of alkyl halides is 3. The first-order chi connectivity index (χ1) is 6.36. The Morgan fingerprint density at radius 3 is 2.29 bits per heavy atom. The first-order valence-corrected chi connectivity index (χ1v) is 5.01. The minimum absolute atomic E-state index is 0.322. The van der Waals surface area contributed by atoms with Crippen molar-refractivity contribution in [3.8, 4) is 0 Å². The Kier molecular flexibility index (Phi) is 3.24. The summed E-state index contributed by atoms with van der Waals surface area (Å²) in [6.07, 6.45) is -3.66. The molecule has 0 aliphatic carbocycles. The fourth-order valence-electron chi connectivity index (χ4n) is 1.40. The third kappa shape index (κ3) is 2.29. The average Bonchev–Trinajstić information content (AvgIpc) is 2.06. The maximum atomic E-state index is 12.5. The highest BCUT2D eigenvalue weighted by molar-refractivity contribution is 9.10. The zero-order chi connectivity index (χ0) is 10.9. The summed E-state index contributed by atoms with van der Waals surface area (Å²) in [7, 11) is 0. The molecule has 0 amide bonds. The minimum Gasteiger partial charge on any atom is -0.166 e. The van der Waals surface area contributed by atoms with E-state index in [2.05, 4.69) is 15.9 Å². The molecule has 0 saturated carbocycles. The van der Waals surface area contributed by atoms with E-state index < -0.39 is 11.7 Å². The van der Waals surface area contributed by atoms with Crippen LogP contribution in [-0.4, -0.2) is 0 Å². The zero-order valence-electron chi connectivity index (χ0n) is 7.87. The van der Waals surface area contributed by atoms with Gasteiger partial charge in [0.05, 0.1) is 5.56 Å². The van der Waals surface area contributed by atoms with Crippen LogP contribution in [-0.2, 0) is 12.6 Å². The molecule has 0 aliphatic heterocycles. The van der Waals surface area contributed by atoms with Crippen LogP contribution in [0.15, 0.2) is 16.6 Å². The van der Waals surface area contributed by atoms with Gasteiger partial charge in [0.1, 0.15) is 0 Å². The molecule has 0 N–H and O–H groups in total. The number of benzene rings is 1. The molecule has 0 saturated heterocycles. The summed E-state index contributed by atoms with van der Waals surface area (Å²) in [5, 5.41) is 0. The van der Waals surface area contributed by atoms with Crippen LogP contribution in [0.2, 0.25) is 0 Å². The molecule has 1 aromatic rings. The van der Waals surface area contributed by atoms with E-state index in [-0.39, 0.29) is 0 Å². The standard InChI is InChI=1S/C10H10BrF3/c1-3-7-4-8(11)5-9(6(7)2)10(12,13)14/h4-5H,3H2,1-2H3. The van der Waals surface area contributed by atoms with Crippen molar-refractivity contribution in [1.29, 1.82) is 0 Å². The average molecular weight is 267 g/mol. The van der Waals surface area contributed by atoms with Crippen molar-refractivity contribution < 1.29 is 13.2 Å². The Hall–Kier alpha value is -0.510. The topological polar surface area (TPSA) is 0 Å². The fraction of sp³-hybridized carbons (Fsp3) is 0.400. The van der Waals surface area contributed by atoms with Crippen molar-refractivity contribution in [3.63, 3.8) is 0 Å². The van der Waals surface area contributed by atoms with Crippen molar-refractivity contribution in [2.45, 2.75) is 26.4 Å². The molecule has 0 bridgehead atoms.